The molecule has 1 aliphatic rings. The van der Waals surface area contributed by atoms with Crippen LogP contribution in [0.3, 0.4) is 0 Å². The molecule has 8 heteroatoms. The van der Waals surface area contributed by atoms with Gasteiger partial charge in [0.05, 0.1) is 13.7 Å². The van der Waals surface area contributed by atoms with Crippen molar-refractivity contribution in [3.63, 3.8) is 0 Å². The summed E-state index contributed by atoms with van der Waals surface area (Å²) in [6.07, 6.45) is 1.98. The average Bonchev–Trinajstić information content (AvgIpc) is 2.72. The fraction of sp³-hybridized carbons (Fsp3) is 0.652. The number of guanidine groups is 1. The standard InChI is InChI=1S/C23H38FN5O2/c1-6-25-22(27-12-11-26-21(30)23(2,3)4)28-18-9-13-29(14-10-18)16-17-7-8-20(31-5)19(24)15-17/h7-8,15,18H,6,9-14,16H2,1-5H3,(H,26,30)(H2,25,27,28). The lowest BCUT2D eigenvalue weighted by atomic mass is 9.96. The van der Waals surface area contributed by atoms with E-state index in [1.807, 2.05) is 33.8 Å². The van der Waals surface area contributed by atoms with Crippen LogP contribution in [0.2, 0.25) is 0 Å². The molecule has 1 saturated heterocycles. The van der Waals surface area contributed by atoms with Gasteiger partial charge in [-0.15, -0.1) is 0 Å². The number of methoxy groups -OCH3 is 1. The summed E-state index contributed by atoms with van der Waals surface area (Å²) in [6.45, 7) is 12.2. The summed E-state index contributed by atoms with van der Waals surface area (Å²) in [7, 11) is 1.47. The van der Waals surface area contributed by atoms with Crippen LogP contribution in [-0.4, -0.2) is 62.6 Å². The molecule has 3 N–H and O–H groups in total. The second kappa shape index (κ2) is 11.9. The first kappa shape index (κ1) is 24.9. The Bertz CT molecular complexity index is 740. The van der Waals surface area contributed by atoms with Crippen LogP contribution in [-0.2, 0) is 11.3 Å². The number of hydrogen-bond acceptors (Lipinski definition) is 4. The number of likely N-dealkylation sites (tertiary alicyclic amines) is 1. The topological polar surface area (TPSA) is 78.0 Å². The molecule has 1 aromatic carbocycles. The fourth-order valence-electron chi connectivity index (χ4n) is 3.42. The Morgan fingerprint density at radius 1 is 1.26 bits per heavy atom. The predicted molar refractivity (Wildman–Crippen MR) is 123 cm³/mol. The van der Waals surface area contributed by atoms with Crippen LogP contribution in [0.1, 0.15) is 46.1 Å². The number of piperidine rings is 1. The van der Waals surface area contributed by atoms with E-state index >= 15 is 0 Å². The fourth-order valence-corrected chi connectivity index (χ4v) is 3.42. The summed E-state index contributed by atoms with van der Waals surface area (Å²) in [5.41, 5.74) is 0.565. The SMILES string of the molecule is CCNC(=NCCNC(=O)C(C)(C)C)NC1CCN(Cc2ccc(OC)c(F)c2)CC1. The van der Waals surface area contributed by atoms with Crippen molar-refractivity contribution in [1.29, 1.82) is 0 Å². The Balaban J connectivity index is 1.78. The molecule has 2 rings (SSSR count). The molecule has 1 amide bonds. The molecule has 174 valence electrons. The molecular weight excluding hydrogens is 397 g/mol. The van der Waals surface area contributed by atoms with Crippen LogP contribution in [0.5, 0.6) is 5.75 Å². The van der Waals surface area contributed by atoms with Crippen LogP contribution >= 0.6 is 0 Å². The number of ether oxygens (including phenoxy) is 1. The normalized spacial score (nSPS) is 16.1. The quantitative estimate of drug-likeness (QED) is 0.332. The van der Waals surface area contributed by atoms with Gasteiger partial charge in [-0.3, -0.25) is 14.7 Å². The van der Waals surface area contributed by atoms with Crippen LogP contribution in [0.25, 0.3) is 0 Å². The zero-order valence-corrected chi connectivity index (χ0v) is 19.6. The molecule has 1 heterocycles. The summed E-state index contributed by atoms with van der Waals surface area (Å²) < 4.78 is 18.9. The van der Waals surface area contributed by atoms with Crippen molar-refractivity contribution in [2.24, 2.45) is 10.4 Å². The second-order valence-corrected chi connectivity index (χ2v) is 8.93. The van der Waals surface area contributed by atoms with Crippen molar-refractivity contribution in [3.8, 4) is 5.75 Å². The van der Waals surface area contributed by atoms with Gasteiger partial charge in [-0.1, -0.05) is 26.8 Å². The molecule has 31 heavy (non-hydrogen) atoms. The van der Waals surface area contributed by atoms with Crippen molar-refractivity contribution in [1.82, 2.24) is 20.9 Å². The van der Waals surface area contributed by atoms with E-state index in [2.05, 4.69) is 25.8 Å². The third-order valence-electron chi connectivity index (χ3n) is 5.24. The molecule has 0 spiro atoms. The highest BCUT2D eigenvalue weighted by Crippen LogP contribution is 2.20. The van der Waals surface area contributed by atoms with Gasteiger partial charge in [0.1, 0.15) is 0 Å². The first-order chi connectivity index (χ1) is 14.7. The molecule has 1 aromatic rings. The number of nitrogens with zero attached hydrogens (tertiary/aromatic N) is 2. The molecule has 0 unspecified atom stereocenters. The molecule has 0 atom stereocenters. The van der Waals surface area contributed by atoms with E-state index in [4.69, 9.17) is 4.74 Å². The summed E-state index contributed by atoms with van der Waals surface area (Å²) in [5.74, 6) is 0.773. The first-order valence-electron chi connectivity index (χ1n) is 11.1. The number of rotatable bonds is 8. The van der Waals surface area contributed by atoms with Gasteiger partial charge >= 0.3 is 0 Å². The van der Waals surface area contributed by atoms with Crippen LogP contribution in [0.4, 0.5) is 4.39 Å². The van der Waals surface area contributed by atoms with Gasteiger partial charge in [0, 0.05) is 44.2 Å². The van der Waals surface area contributed by atoms with E-state index in [1.165, 1.54) is 7.11 Å². The molecule has 0 bridgehead atoms. The highest BCUT2D eigenvalue weighted by atomic mass is 19.1. The van der Waals surface area contributed by atoms with Gasteiger partial charge < -0.3 is 20.7 Å². The summed E-state index contributed by atoms with van der Waals surface area (Å²) in [6, 6.07) is 5.49. The lowest BCUT2D eigenvalue weighted by molar-refractivity contribution is -0.128. The Morgan fingerprint density at radius 2 is 1.97 bits per heavy atom. The molecule has 1 aliphatic heterocycles. The van der Waals surface area contributed by atoms with Crippen molar-refractivity contribution in [2.45, 2.75) is 53.1 Å². The Labute approximate surface area is 185 Å². The highest BCUT2D eigenvalue weighted by molar-refractivity contribution is 5.81. The van der Waals surface area contributed by atoms with Crippen LogP contribution in [0, 0.1) is 11.2 Å². The summed E-state index contributed by atoms with van der Waals surface area (Å²) in [5, 5.41) is 9.70. The van der Waals surface area contributed by atoms with Crippen molar-refractivity contribution in [2.75, 3.05) is 39.8 Å². The molecule has 0 aromatic heterocycles. The van der Waals surface area contributed by atoms with E-state index in [-0.39, 0.29) is 17.5 Å². The number of carbonyl (C=O) groups excluding carboxylic acids is 1. The van der Waals surface area contributed by atoms with Crippen LogP contribution < -0.4 is 20.7 Å². The highest BCUT2D eigenvalue weighted by Gasteiger charge is 2.21. The molecular formula is C23H38FN5O2. The van der Waals surface area contributed by atoms with E-state index in [0.717, 1.165) is 50.5 Å². The van der Waals surface area contributed by atoms with Gasteiger partial charge in [-0.05, 0) is 37.5 Å². The minimum Gasteiger partial charge on any atom is -0.494 e. The van der Waals surface area contributed by atoms with Crippen molar-refractivity contribution >= 4 is 11.9 Å². The number of halogens is 1. The monoisotopic (exact) mass is 435 g/mol. The van der Waals surface area contributed by atoms with Gasteiger partial charge in [-0.25, -0.2) is 4.39 Å². The average molecular weight is 436 g/mol. The number of aliphatic imine (C=N–C) groups is 1. The second-order valence-electron chi connectivity index (χ2n) is 8.93. The molecule has 0 radical (unpaired) electrons. The summed E-state index contributed by atoms with van der Waals surface area (Å²) >= 11 is 0. The Hall–Kier alpha value is -2.35. The van der Waals surface area contributed by atoms with Gasteiger partial charge in [0.25, 0.3) is 0 Å². The maximum atomic E-state index is 13.9. The van der Waals surface area contributed by atoms with Crippen molar-refractivity contribution in [3.05, 3.63) is 29.6 Å². The van der Waals surface area contributed by atoms with E-state index in [0.29, 0.717) is 19.1 Å². The minimum absolute atomic E-state index is 0.0322. The first-order valence-corrected chi connectivity index (χ1v) is 11.1. The molecule has 1 fully saturated rings. The number of amides is 1. The van der Waals surface area contributed by atoms with E-state index in [9.17, 15) is 9.18 Å². The lowest BCUT2D eigenvalue weighted by Crippen LogP contribution is -2.48. The van der Waals surface area contributed by atoms with Crippen LogP contribution in [0.15, 0.2) is 23.2 Å². The van der Waals surface area contributed by atoms with E-state index < -0.39 is 5.41 Å². The molecule has 7 nitrogen and oxygen atoms in total. The number of benzene rings is 1. The van der Waals surface area contributed by atoms with Gasteiger partial charge in [0.15, 0.2) is 17.5 Å². The largest absolute Gasteiger partial charge is 0.494 e. The maximum absolute atomic E-state index is 13.9. The Morgan fingerprint density at radius 3 is 2.55 bits per heavy atom. The molecule has 0 aliphatic carbocycles. The third kappa shape index (κ3) is 8.36. The number of hydrogen-bond donors (Lipinski definition) is 3. The van der Waals surface area contributed by atoms with E-state index in [1.54, 1.807) is 12.1 Å². The predicted octanol–water partition coefficient (Wildman–Crippen LogP) is 2.52. The summed E-state index contributed by atoms with van der Waals surface area (Å²) in [4.78, 5) is 18.9. The zero-order valence-electron chi connectivity index (χ0n) is 19.6. The number of carbonyl (C=O) groups is 1. The van der Waals surface area contributed by atoms with Gasteiger partial charge in [-0.2, -0.15) is 0 Å². The lowest BCUT2D eigenvalue weighted by Gasteiger charge is -2.33. The van der Waals surface area contributed by atoms with Gasteiger partial charge in [0.2, 0.25) is 5.91 Å². The number of nitrogens with one attached hydrogen (secondary N) is 3. The molecule has 0 saturated carbocycles. The Kier molecular flexibility index (Phi) is 9.55. The minimum atomic E-state index is -0.391. The third-order valence-corrected chi connectivity index (χ3v) is 5.24. The smallest absolute Gasteiger partial charge is 0.225 e. The van der Waals surface area contributed by atoms with Crippen molar-refractivity contribution < 1.29 is 13.9 Å². The zero-order chi connectivity index (χ0) is 22.9. The maximum Gasteiger partial charge on any atom is 0.225 e.